The van der Waals surface area contributed by atoms with Crippen LogP contribution in [0.1, 0.15) is 24.4 Å². The van der Waals surface area contributed by atoms with Crippen LogP contribution in [0, 0.1) is 5.82 Å². The number of benzene rings is 1. The van der Waals surface area contributed by atoms with Crippen LogP contribution in [0.5, 0.6) is 5.75 Å². The molecule has 1 rings (SSSR count). The van der Waals surface area contributed by atoms with Crippen LogP contribution in [-0.2, 0) is 14.6 Å². The summed E-state index contributed by atoms with van der Waals surface area (Å²) in [5.74, 6) is -2.31. The number of rotatable bonds is 6. The number of hydrogen-bond donors (Lipinski definition) is 2. The molecule has 0 aromatic heterocycles. The molecule has 0 aliphatic carbocycles. The third kappa shape index (κ3) is 3.67. The lowest BCUT2D eigenvalue weighted by atomic mass is 10.0. The zero-order chi connectivity index (χ0) is 15.5. The quantitative estimate of drug-likeness (QED) is 0.815. The van der Waals surface area contributed by atoms with Gasteiger partial charge in [0.05, 0.1) is 7.11 Å². The summed E-state index contributed by atoms with van der Waals surface area (Å²) < 4.78 is 41.8. The number of carboxylic acid groups (broad SMARTS) is 1. The summed E-state index contributed by atoms with van der Waals surface area (Å²) in [5.41, 5.74) is 6.02. The molecule has 0 aliphatic rings. The van der Waals surface area contributed by atoms with Gasteiger partial charge in [0.25, 0.3) is 0 Å². The number of methoxy groups -OCH3 is 1. The number of carboxylic acids is 1. The molecule has 6 nitrogen and oxygen atoms in total. The van der Waals surface area contributed by atoms with Crippen LogP contribution in [0.25, 0.3) is 0 Å². The van der Waals surface area contributed by atoms with Gasteiger partial charge in [-0.05, 0) is 12.5 Å². The first-order valence-corrected chi connectivity index (χ1v) is 7.61. The van der Waals surface area contributed by atoms with E-state index >= 15 is 0 Å². The molecule has 0 heterocycles. The molecule has 0 aliphatic heterocycles. The number of ether oxygens (including phenoxy) is 1. The van der Waals surface area contributed by atoms with E-state index in [-0.39, 0.29) is 24.2 Å². The van der Waals surface area contributed by atoms with Gasteiger partial charge in [0.15, 0.2) is 21.4 Å². The summed E-state index contributed by atoms with van der Waals surface area (Å²) in [6, 6.07) is 1.68. The summed E-state index contributed by atoms with van der Waals surface area (Å²) >= 11 is 0. The Morgan fingerprint density at radius 1 is 1.50 bits per heavy atom. The second-order valence-electron chi connectivity index (χ2n) is 4.31. The smallest absolute Gasteiger partial charge is 0.303 e. The van der Waals surface area contributed by atoms with Crippen molar-refractivity contribution in [3.63, 3.8) is 0 Å². The van der Waals surface area contributed by atoms with Gasteiger partial charge in [0, 0.05) is 24.3 Å². The minimum Gasteiger partial charge on any atom is -0.493 e. The third-order valence-electron chi connectivity index (χ3n) is 2.76. The van der Waals surface area contributed by atoms with E-state index in [1.165, 1.54) is 13.2 Å². The van der Waals surface area contributed by atoms with Gasteiger partial charge in [-0.15, -0.1) is 0 Å². The minimum absolute atomic E-state index is 0.0867. The van der Waals surface area contributed by atoms with Gasteiger partial charge in [0.2, 0.25) is 0 Å². The summed E-state index contributed by atoms with van der Waals surface area (Å²) in [7, 11) is -2.53. The fourth-order valence-corrected chi connectivity index (χ4v) is 2.51. The molecule has 0 amide bonds. The standard InChI is InChI=1S/C12H16FNO5S/c1-19-12-7(8(14)4-6-10(15)16)3-5-9(11(12)13)20(2,17)18/h3,5,8H,4,6,14H2,1-2H3,(H,15,16). The van der Waals surface area contributed by atoms with E-state index in [0.717, 1.165) is 12.3 Å². The Labute approximate surface area is 116 Å². The maximum Gasteiger partial charge on any atom is 0.303 e. The van der Waals surface area contributed by atoms with Crippen LogP contribution < -0.4 is 10.5 Å². The molecule has 0 bridgehead atoms. The summed E-state index contributed by atoms with van der Waals surface area (Å²) in [6.07, 6.45) is 0.790. The van der Waals surface area contributed by atoms with Crippen LogP contribution >= 0.6 is 0 Å². The average Bonchev–Trinajstić information content (AvgIpc) is 2.33. The number of carbonyl (C=O) groups is 1. The van der Waals surface area contributed by atoms with Crippen molar-refractivity contribution in [2.75, 3.05) is 13.4 Å². The van der Waals surface area contributed by atoms with Gasteiger partial charge < -0.3 is 15.6 Å². The van der Waals surface area contributed by atoms with Gasteiger partial charge >= 0.3 is 5.97 Å². The van der Waals surface area contributed by atoms with E-state index in [0.29, 0.717) is 0 Å². The Morgan fingerprint density at radius 2 is 2.10 bits per heavy atom. The first-order chi connectivity index (χ1) is 9.18. The molecule has 112 valence electrons. The van der Waals surface area contributed by atoms with Crippen molar-refractivity contribution in [2.24, 2.45) is 5.73 Å². The number of nitrogens with two attached hydrogens (primary N) is 1. The van der Waals surface area contributed by atoms with Crippen molar-refractivity contribution < 1.29 is 27.4 Å². The number of sulfone groups is 1. The van der Waals surface area contributed by atoms with Crippen molar-refractivity contribution in [1.29, 1.82) is 0 Å². The number of halogens is 1. The molecule has 1 aromatic carbocycles. The topological polar surface area (TPSA) is 107 Å². The van der Waals surface area contributed by atoms with Gasteiger partial charge in [-0.3, -0.25) is 4.79 Å². The highest BCUT2D eigenvalue weighted by molar-refractivity contribution is 7.90. The molecule has 20 heavy (non-hydrogen) atoms. The van der Waals surface area contributed by atoms with Gasteiger partial charge in [0.1, 0.15) is 4.90 Å². The molecule has 0 radical (unpaired) electrons. The lowest BCUT2D eigenvalue weighted by Crippen LogP contribution is -2.15. The van der Waals surface area contributed by atoms with Crippen LogP contribution in [0.15, 0.2) is 17.0 Å². The molecule has 0 saturated heterocycles. The van der Waals surface area contributed by atoms with Crippen molar-refractivity contribution in [3.8, 4) is 5.75 Å². The van der Waals surface area contributed by atoms with Gasteiger partial charge in [-0.1, -0.05) is 6.07 Å². The van der Waals surface area contributed by atoms with Crippen molar-refractivity contribution in [2.45, 2.75) is 23.8 Å². The second kappa shape index (κ2) is 6.19. The van der Waals surface area contributed by atoms with Crippen LogP contribution in [0.2, 0.25) is 0 Å². The summed E-state index contributed by atoms with van der Waals surface area (Å²) in [5, 5.41) is 8.60. The molecule has 1 unspecified atom stereocenters. The van der Waals surface area contributed by atoms with E-state index in [4.69, 9.17) is 15.6 Å². The van der Waals surface area contributed by atoms with Crippen molar-refractivity contribution in [3.05, 3.63) is 23.5 Å². The highest BCUT2D eigenvalue weighted by atomic mass is 32.2. The molecule has 0 spiro atoms. The molecule has 1 atom stereocenters. The largest absolute Gasteiger partial charge is 0.493 e. The Bertz CT molecular complexity index is 615. The number of aliphatic carboxylic acids is 1. The normalized spacial score (nSPS) is 13.0. The maximum atomic E-state index is 14.1. The van der Waals surface area contributed by atoms with Crippen LogP contribution in [-0.4, -0.2) is 32.9 Å². The van der Waals surface area contributed by atoms with E-state index < -0.39 is 32.6 Å². The monoisotopic (exact) mass is 305 g/mol. The average molecular weight is 305 g/mol. The van der Waals surface area contributed by atoms with E-state index in [9.17, 15) is 17.6 Å². The van der Waals surface area contributed by atoms with Gasteiger partial charge in [-0.25, -0.2) is 12.8 Å². The second-order valence-corrected chi connectivity index (χ2v) is 6.30. The lowest BCUT2D eigenvalue weighted by Gasteiger charge is -2.16. The fraction of sp³-hybridized carbons (Fsp3) is 0.417. The molecule has 3 N–H and O–H groups in total. The predicted octanol–water partition coefficient (Wildman–Crippen LogP) is 1.10. The zero-order valence-corrected chi connectivity index (χ0v) is 11.9. The molecular formula is C12H16FNO5S. The summed E-state index contributed by atoms with van der Waals surface area (Å²) in [4.78, 5) is 10.0. The first-order valence-electron chi connectivity index (χ1n) is 5.72. The van der Waals surface area contributed by atoms with E-state index in [1.807, 2.05) is 0 Å². The molecule has 1 aromatic rings. The van der Waals surface area contributed by atoms with E-state index in [2.05, 4.69) is 0 Å². The first kappa shape index (κ1) is 16.4. The SMILES string of the molecule is COc1c(C(N)CCC(=O)O)ccc(S(C)(=O)=O)c1F. The number of hydrogen-bond acceptors (Lipinski definition) is 5. The molecule has 8 heteroatoms. The Kier molecular flexibility index (Phi) is 5.07. The van der Waals surface area contributed by atoms with E-state index in [1.54, 1.807) is 0 Å². The molecule has 0 fully saturated rings. The fourth-order valence-electron chi connectivity index (χ4n) is 1.77. The minimum atomic E-state index is -3.72. The van der Waals surface area contributed by atoms with Gasteiger partial charge in [-0.2, -0.15) is 0 Å². The zero-order valence-electron chi connectivity index (χ0n) is 11.1. The van der Waals surface area contributed by atoms with Crippen LogP contribution in [0.3, 0.4) is 0 Å². The third-order valence-corrected chi connectivity index (χ3v) is 3.88. The predicted molar refractivity (Wildman–Crippen MR) is 69.9 cm³/mol. The highest BCUT2D eigenvalue weighted by Gasteiger charge is 2.23. The Morgan fingerprint density at radius 3 is 2.55 bits per heavy atom. The molecule has 0 saturated carbocycles. The Balaban J connectivity index is 3.23. The van der Waals surface area contributed by atoms with Crippen molar-refractivity contribution >= 4 is 15.8 Å². The lowest BCUT2D eigenvalue weighted by molar-refractivity contribution is -0.137. The van der Waals surface area contributed by atoms with Crippen molar-refractivity contribution in [1.82, 2.24) is 0 Å². The Hall–Kier alpha value is -1.67. The van der Waals surface area contributed by atoms with Crippen LogP contribution in [0.4, 0.5) is 4.39 Å². The molecular weight excluding hydrogens is 289 g/mol. The maximum absolute atomic E-state index is 14.1. The summed E-state index contributed by atoms with van der Waals surface area (Å²) in [6.45, 7) is 0. The highest BCUT2D eigenvalue weighted by Crippen LogP contribution is 2.33.